The summed E-state index contributed by atoms with van der Waals surface area (Å²) in [6.45, 7) is 3.54. The number of carbonyl (C=O) groups is 2. The molecule has 4 rings (SSSR count). The summed E-state index contributed by atoms with van der Waals surface area (Å²) in [6.07, 6.45) is 0. The fraction of sp³-hybridized carbons (Fsp3) is 0.273. The van der Waals surface area contributed by atoms with Crippen LogP contribution in [-0.4, -0.2) is 61.8 Å². The molecule has 2 aromatic carbocycles. The third-order valence-electron chi connectivity index (χ3n) is 5.29. The van der Waals surface area contributed by atoms with Crippen LogP contribution in [0.4, 0.5) is 11.4 Å². The molecule has 0 saturated carbocycles. The second kappa shape index (κ2) is 9.34. The van der Waals surface area contributed by atoms with Crippen LogP contribution in [-0.2, 0) is 4.79 Å². The molecule has 1 fully saturated rings. The number of amides is 2. The average Bonchev–Trinajstić information content (AvgIpc) is 3.22. The van der Waals surface area contributed by atoms with E-state index in [1.54, 1.807) is 18.7 Å². The van der Waals surface area contributed by atoms with Gasteiger partial charge in [0.05, 0.1) is 24.2 Å². The van der Waals surface area contributed by atoms with Crippen molar-refractivity contribution in [1.82, 2.24) is 10.4 Å². The smallest absolute Gasteiger partial charge is 0.284 e. The van der Waals surface area contributed by atoms with Crippen LogP contribution in [0.3, 0.4) is 0 Å². The van der Waals surface area contributed by atoms with Crippen molar-refractivity contribution in [2.45, 2.75) is 0 Å². The van der Waals surface area contributed by atoms with Crippen molar-refractivity contribution in [2.75, 3.05) is 50.1 Å². The first-order valence-electron chi connectivity index (χ1n) is 9.95. The number of para-hydroxylation sites is 2. The van der Waals surface area contributed by atoms with Gasteiger partial charge in [0, 0.05) is 36.6 Å². The Kier molecular flexibility index (Phi) is 6.36. The quantitative estimate of drug-likeness (QED) is 0.403. The molecule has 0 unspecified atom stereocenters. The van der Waals surface area contributed by atoms with Crippen LogP contribution >= 0.6 is 11.3 Å². The molecule has 3 N–H and O–H groups in total. The molecule has 1 aliphatic rings. The molecule has 1 aromatic heterocycles. The van der Waals surface area contributed by atoms with Crippen LogP contribution < -0.4 is 20.4 Å². The summed E-state index contributed by atoms with van der Waals surface area (Å²) < 4.78 is 6.32. The molecule has 1 saturated heterocycles. The number of methoxy groups -OCH3 is 1. The molecular formula is C22H24N4O4S. The molecule has 2 heterocycles. The first-order valence-corrected chi connectivity index (χ1v) is 10.8. The van der Waals surface area contributed by atoms with Gasteiger partial charge in [-0.1, -0.05) is 18.2 Å². The molecule has 0 spiro atoms. The van der Waals surface area contributed by atoms with Crippen LogP contribution in [0.5, 0.6) is 5.75 Å². The number of anilines is 2. The number of hydrogen-bond acceptors (Lipinski definition) is 7. The molecule has 9 heteroatoms. The lowest BCUT2D eigenvalue weighted by Crippen LogP contribution is -2.48. The topological polar surface area (TPSA) is 94.1 Å². The Morgan fingerprint density at radius 3 is 2.61 bits per heavy atom. The highest BCUT2D eigenvalue weighted by Gasteiger charge is 2.21. The molecule has 1 aliphatic heterocycles. The second-order valence-corrected chi connectivity index (χ2v) is 8.37. The lowest BCUT2D eigenvalue weighted by Gasteiger charge is -2.36. The van der Waals surface area contributed by atoms with Crippen LogP contribution in [0, 0.1) is 0 Å². The van der Waals surface area contributed by atoms with E-state index in [2.05, 4.69) is 21.2 Å². The highest BCUT2D eigenvalue weighted by molar-refractivity contribution is 7.20. The third-order valence-corrected chi connectivity index (χ3v) is 6.39. The minimum Gasteiger partial charge on any atom is -0.495 e. The number of thiophene rings is 1. The van der Waals surface area contributed by atoms with Gasteiger partial charge in [-0.25, -0.2) is 5.48 Å². The number of ether oxygens (including phenoxy) is 1. The Hall–Kier alpha value is -3.14. The zero-order valence-corrected chi connectivity index (χ0v) is 17.9. The fourth-order valence-corrected chi connectivity index (χ4v) is 4.71. The summed E-state index contributed by atoms with van der Waals surface area (Å²) in [5, 5.41) is 12.6. The molecule has 0 bridgehead atoms. The lowest BCUT2D eigenvalue weighted by molar-refractivity contribution is -0.117. The van der Waals surface area contributed by atoms with Gasteiger partial charge in [-0.05, 0) is 35.7 Å². The maximum atomic E-state index is 12.5. The van der Waals surface area contributed by atoms with Gasteiger partial charge in [0.15, 0.2) is 0 Å². The number of piperazine rings is 1. The van der Waals surface area contributed by atoms with Gasteiger partial charge in [-0.2, -0.15) is 0 Å². The summed E-state index contributed by atoms with van der Waals surface area (Å²) in [7, 11) is 1.68. The average molecular weight is 441 g/mol. The van der Waals surface area contributed by atoms with Crippen molar-refractivity contribution in [3.8, 4) is 5.75 Å². The highest BCUT2D eigenvalue weighted by atomic mass is 32.1. The van der Waals surface area contributed by atoms with Crippen LogP contribution in [0.2, 0.25) is 0 Å². The molecule has 0 aliphatic carbocycles. The van der Waals surface area contributed by atoms with E-state index in [4.69, 9.17) is 9.94 Å². The van der Waals surface area contributed by atoms with Gasteiger partial charge in [0.1, 0.15) is 5.75 Å². The van der Waals surface area contributed by atoms with Gasteiger partial charge < -0.3 is 15.0 Å². The summed E-state index contributed by atoms with van der Waals surface area (Å²) >= 11 is 1.26. The first kappa shape index (κ1) is 21.1. The van der Waals surface area contributed by atoms with Gasteiger partial charge in [-0.15, -0.1) is 11.3 Å². The SMILES string of the molecule is COc1ccccc1N1CCN(CC(=O)Nc2ccc3cc(C(=O)NO)sc3c2)CC1. The van der Waals surface area contributed by atoms with Crippen LogP contribution in [0.15, 0.2) is 48.5 Å². The maximum absolute atomic E-state index is 12.5. The zero-order chi connectivity index (χ0) is 21.8. The van der Waals surface area contributed by atoms with Gasteiger partial charge in [0.25, 0.3) is 5.91 Å². The molecule has 8 nitrogen and oxygen atoms in total. The van der Waals surface area contributed by atoms with Gasteiger partial charge in [0.2, 0.25) is 5.91 Å². The normalized spacial score (nSPS) is 14.5. The van der Waals surface area contributed by atoms with E-state index in [9.17, 15) is 9.59 Å². The summed E-state index contributed by atoms with van der Waals surface area (Å²) in [5.41, 5.74) is 3.40. The van der Waals surface area contributed by atoms with Crippen molar-refractivity contribution < 1.29 is 19.5 Å². The van der Waals surface area contributed by atoms with Crippen molar-refractivity contribution in [2.24, 2.45) is 0 Å². The number of carbonyl (C=O) groups excluding carboxylic acids is 2. The van der Waals surface area contributed by atoms with E-state index in [-0.39, 0.29) is 5.91 Å². The number of fused-ring (bicyclic) bond motifs is 1. The zero-order valence-electron chi connectivity index (χ0n) is 17.1. The molecule has 2 amide bonds. The molecule has 0 atom stereocenters. The number of benzene rings is 2. The second-order valence-electron chi connectivity index (χ2n) is 7.29. The summed E-state index contributed by atoms with van der Waals surface area (Å²) in [5.74, 6) is 0.242. The predicted octanol–water partition coefficient (Wildman–Crippen LogP) is 2.79. The van der Waals surface area contributed by atoms with Crippen molar-refractivity contribution in [1.29, 1.82) is 0 Å². The van der Waals surface area contributed by atoms with Crippen molar-refractivity contribution >= 4 is 44.6 Å². The summed E-state index contributed by atoms with van der Waals surface area (Å²) in [6, 6.07) is 15.2. The number of nitrogens with one attached hydrogen (secondary N) is 2. The minimum atomic E-state index is -0.543. The number of hydroxylamine groups is 1. The fourth-order valence-electron chi connectivity index (χ4n) is 3.72. The Bertz CT molecular complexity index is 1090. The predicted molar refractivity (Wildman–Crippen MR) is 121 cm³/mol. The largest absolute Gasteiger partial charge is 0.495 e. The highest BCUT2D eigenvalue weighted by Crippen LogP contribution is 2.29. The Balaban J connectivity index is 1.33. The van der Waals surface area contributed by atoms with Crippen molar-refractivity contribution in [3.05, 3.63) is 53.4 Å². The van der Waals surface area contributed by atoms with E-state index in [0.29, 0.717) is 17.1 Å². The maximum Gasteiger partial charge on any atom is 0.284 e. The van der Waals surface area contributed by atoms with Crippen molar-refractivity contribution in [3.63, 3.8) is 0 Å². The Morgan fingerprint density at radius 2 is 1.87 bits per heavy atom. The first-order chi connectivity index (χ1) is 15.1. The minimum absolute atomic E-state index is 0.0741. The summed E-state index contributed by atoms with van der Waals surface area (Å²) in [4.78, 5) is 28.9. The van der Waals surface area contributed by atoms with E-state index in [1.165, 1.54) is 11.3 Å². The molecule has 31 heavy (non-hydrogen) atoms. The van der Waals surface area contributed by atoms with Crippen LogP contribution in [0.1, 0.15) is 9.67 Å². The number of hydrogen-bond donors (Lipinski definition) is 3. The third kappa shape index (κ3) is 4.79. The molecule has 3 aromatic rings. The van der Waals surface area contributed by atoms with E-state index in [1.807, 2.05) is 36.4 Å². The standard InChI is InChI=1S/C22H24N4O4S/c1-30-18-5-3-2-4-17(18)26-10-8-25(9-11-26)14-21(27)23-16-7-6-15-12-20(22(28)24-29)31-19(15)13-16/h2-7,12-13,29H,8-11,14H2,1H3,(H,23,27)(H,24,28). The number of nitrogens with zero attached hydrogens (tertiary/aromatic N) is 2. The lowest BCUT2D eigenvalue weighted by atomic mass is 10.2. The Labute approximate surface area is 184 Å². The van der Waals surface area contributed by atoms with Crippen LogP contribution in [0.25, 0.3) is 10.1 Å². The van der Waals surface area contributed by atoms with E-state index in [0.717, 1.165) is 47.7 Å². The molecule has 0 radical (unpaired) electrons. The Morgan fingerprint density at radius 1 is 1.10 bits per heavy atom. The van der Waals surface area contributed by atoms with Gasteiger partial charge >= 0.3 is 0 Å². The van der Waals surface area contributed by atoms with E-state index >= 15 is 0 Å². The van der Waals surface area contributed by atoms with Gasteiger partial charge in [-0.3, -0.25) is 19.7 Å². The number of rotatable bonds is 6. The van der Waals surface area contributed by atoms with E-state index < -0.39 is 5.91 Å². The monoisotopic (exact) mass is 440 g/mol. The molecule has 162 valence electrons. The molecular weight excluding hydrogens is 416 g/mol.